The molecule has 0 rings (SSSR count). The van der Waals surface area contributed by atoms with Crippen LogP contribution in [0.15, 0.2) is 17.4 Å². The van der Waals surface area contributed by atoms with Crippen molar-refractivity contribution in [2.45, 2.75) is 41.5 Å². The molecule has 0 heterocycles. The first-order valence-corrected chi connectivity index (χ1v) is 6.50. The summed E-state index contributed by atoms with van der Waals surface area (Å²) in [5, 5.41) is 0. The molecule has 0 aromatic carbocycles. The molecule has 0 amide bonds. The summed E-state index contributed by atoms with van der Waals surface area (Å²) in [4.78, 5) is 23.9. The molecule has 0 aromatic heterocycles. The summed E-state index contributed by atoms with van der Waals surface area (Å²) in [7, 11) is 0. The summed E-state index contributed by atoms with van der Waals surface area (Å²) >= 11 is 0. The number of carbonyl (C=O) groups is 2. The second-order valence-corrected chi connectivity index (χ2v) is 5.05. The maximum atomic E-state index is 12.0. The predicted molar refractivity (Wildman–Crippen MR) is 73.5 cm³/mol. The molecule has 19 heavy (non-hydrogen) atoms. The Balaban J connectivity index is 5.39. The van der Waals surface area contributed by atoms with Crippen molar-refractivity contribution in [3.05, 3.63) is 17.4 Å². The zero-order valence-electron chi connectivity index (χ0n) is 12.7. The predicted octanol–water partition coefficient (Wildman–Crippen LogP) is 2.88. The lowest BCUT2D eigenvalue weighted by molar-refractivity contribution is -0.165. The summed E-state index contributed by atoms with van der Waals surface area (Å²) in [6, 6.07) is 0. The Morgan fingerprint density at radius 2 is 1.53 bits per heavy atom. The van der Waals surface area contributed by atoms with Gasteiger partial charge in [-0.05, 0) is 39.3 Å². The van der Waals surface area contributed by atoms with E-state index < -0.39 is 23.3 Å². The van der Waals surface area contributed by atoms with Gasteiger partial charge in [-0.15, -0.1) is 5.73 Å². The van der Waals surface area contributed by atoms with Gasteiger partial charge in [0.05, 0.1) is 13.2 Å². The van der Waals surface area contributed by atoms with Crippen molar-refractivity contribution in [1.29, 1.82) is 0 Å². The third-order valence-corrected chi connectivity index (χ3v) is 2.52. The SMILES string of the molecule is CCOC(=O)C(C(=O)OCC)C(C)(C)C=C=C(C)C. The Kier molecular flexibility index (Phi) is 7.17. The highest BCUT2D eigenvalue weighted by atomic mass is 16.6. The van der Waals surface area contributed by atoms with Crippen molar-refractivity contribution in [3.8, 4) is 0 Å². The number of allylic oxidation sites excluding steroid dienone is 1. The topological polar surface area (TPSA) is 52.6 Å². The number of hydrogen-bond acceptors (Lipinski definition) is 4. The number of hydrogen-bond donors (Lipinski definition) is 0. The molecular formula is C15H24O4. The first-order chi connectivity index (χ1) is 8.76. The average molecular weight is 268 g/mol. The van der Waals surface area contributed by atoms with E-state index in [0.717, 1.165) is 5.57 Å². The molecule has 0 aliphatic rings. The van der Waals surface area contributed by atoms with E-state index in [0.29, 0.717) is 0 Å². The van der Waals surface area contributed by atoms with Gasteiger partial charge in [-0.3, -0.25) is 9.59 Å². The van der Waals surface area contributed by atoms with Crippen molar-refractivity contribution in [3.63, 3.8) is 0 Å². The van der Waals surface area contributed by atoms with Crippen LogP contribution in [0.4, 0.5) is 0 Å². The molecule has 0 aliphatic heterocycles. The fourth-order valence-electron chi connectivity index (χ4n) is 1.57. The minimum absolute atomic E-state index is 0.233. The molecule has 0 aliphatic carbocycles. The third-order valence-electron chi connectivity index (χ3n) is 2.52. The summed E-state index contributed by atoms with van der Waals surface area (Å²) in [6.07, 6.45) is 1.72. The van der Waals surface area contributed by atoms with Gasteiger partial charge in [0.15, 0.2) is 5.92 Å². The monoisotopic (exact) mass is 268 g/mol. The highest BCUT2D eigenvalue weighted by Gasteiger charge is 2.41. The van der Waals surface area contributed by atoms with Crippen LogP contribution >= 0.6 is 0 Å². The van der Waals surface area contributed by atoms with Gasteiger partial charge in [0, 0.05) is 5.41 Å². The minimum atomic E-state index is -0.973. The zero-order valence-corrected chi connectivity index (χ0v) is 12.7. The van der Waals surface area contributed by atoms with E-state index in [1.54, 1.807) is 33.8 Å². The minimum Gasteiger partial charge on any atom is -0.465 e. The Hall–Kier alpha value is -1.54. The largest absolute Gasteiger partial charge is 0.465 e. The van der Waals surface area contributed by atoms with Gasteiger partial charge in [-0.1, -0.05) is 13.8 Å². The fraction of sp³-hybridized carbons (Fsp3) is 0.667. The number of ether oxygens (including phenoxy) is 2. The van der Waals surface area contributed by atoms with Crippen molar-refractivity contribution < 1.29 is 19.1 Å². The molecule has 0 atom stereocenters. The van der Waals surface area contributed by atoms with Gasteiger partial charge in [0.1, 0.15) is 0 Å². The van der Waals surface area contributed by atoms with E-state index >= 15 is 0 Å². The molecule has 0 saturated carbocycles. The van der Waals surface area contributed by atoms with E-state index in [1.165, 1.54) is 0 Å². The molecule has 0 N–H and O–H groups in total. The molecule has 4 nitrogen and oxygen atoms in total. The van der Waals surface area contributed by atoms with Gasteiger partial charge in [-0.2, -0.15) is 0 Å². The lowest BCUT2D eigenvalue weighted by Crippen LogP contribution is -2.38. The summed E-state index contributed by atoms with van der Waals surface area (Å²) in [5.41, 5.74) is 3.30. The normalized spacial score (nSPS) is 10.7. The maximum absolute atomic E-state index is 12.0. The van der Waals surface area contributed by atoms with Crippen LogP contribution in [-0.4, -0.2) is 25.2 Å². The van der Waals surface area contributed by atoms with Crippen molar-refractivity contribution in [2.75, 3.05) is 13.2 Å². The fourth-order valence-corrected chi connectivity index (χ4v) is 1.57. The summed E-state index contributed by atoms with van der Waals surface area (Å²) in [6.45, 7) is 11.3. The first kappa shape index (κ1) is 17.5. The lowest BCUT2D eigenvalue weighted by Gasteiger charge is -2.27. The molecule has 0 fully saturated rings. The van der Waals surface area contributed by atoms with Crippen LogP contribution < -0.4 is 0 Å². The number of rotatable bonds is 6. The van der Waals surface area contributed by atoms with Crippen LogP contribution in [-0.2, 0) is 19.1 Å². The van der Waals surface area contributed by atoms with Gasteiger partial charge < -0.3 is 9.47 Å². The molecular weight excluding hydrogens is 244 g/mol. The maximum Gasteiger partial charge on any atom is 0.321 e. The number of carbonyl (C=O) groups excluding carboxylic acids is 2. The highest BCUT2D eigenvalue weighted by Crippen LogP contribution is 2.30. The molecule has 0 saturated heterocycles. The second-order valence-electron chi connectivity index (χ2n) is 5.05. The van der Waals surface area contributed by atoms with E-state index in [1.807, 2.05) is 13.8 Å². The zero-order chi connectivity index (χ0) is 15.1. The molecule has 0 radical (unpaired) electrons. The summed E-state index contributed by atoms with van der Waals surface area (Å²) < 4.78 is 9.94. The molecule has 0 spiro atoms. The Bertz CT molecular complexity index is 365. The lowest BCUT2D eigenvalue weighted by atomic mass is 9.78. The van der Waals surface area contributed by atoms with Crippen LogP contribution in [0.2, 0.25) is 0 Å². The quantitative estimate of drug-likeness (QED) is 0.422. The van der Waals surface area contributed by atoms with Gasteiger partial charge in [0.2, 0.25) is 0 Å². The standard InChI is InChI=1S/C15H24O4/c1-7-18-13(16)12(14(17)19-8-2)15(5,6)10-9-11(3)4/h10,12H,7-8H2,1-6H3. The van der Waals surface area contributed by atoms with E-state index in [2.05, 4.69) is 5.73 Å². The molecule has 0 aromatic rings. The van der Waals surface area contributed by atoms with Gasteiger partial charge in [0.25, 0.3) is 0 Å². The second kappa shape index (κ2) is 7.80. The first-order valence-electron chi connectivity index (χ1n) is 6.50. The van der Waals surface area contributed by atoms with E-state index in [4.69, 9.17) is 9.47 Å². The van der Waals surface area contributed by atoms with Crippen molar-refractivity contribution >= 4 is 11.9 Å². The average Bonchev–Trinajstić information content (AvgIpc) is 2.27. The van der Waals surface area contributed by atoms with E-state index in [-0.39, 0.29) is 13.2 Å². The van der Waals surface area contributed by atoms with Gasteiger partial charge >= 0.3 is 11.9 Å². The van der Waals surface area contributed by atoms with Gasteiger partial charge in [-0.25, -0.2) is 0 Å². The Morgan fingerprint density at radius 3 is 1.84 bits per heavy atom. The molecule has 0 unspecified atom stereocenters. The Morgan fingerprint density at radius 1 is 1.11 bits per heavy atom. The smallest absolute Gasteiger partial charge is 0.321 e. The molecule has 108 valence electrons. The van der Waals surface area contributed by atoms with Crippen molar-refractivity contribution in [2.24, 2.45) is 11.3 Å². The third kappa shape index (κ3) is 5.75. The Labute approximate surface area is 115 Å². The van der Waals surface area contributed by atoms with Crippen LogP contribution in [0.25, 0.3) is 0 Å². The highest BCUT2D eigenvalue weighted by molar-refractivity contribution is 5.96. The van der Waals surface area contributed by atoms with Crippen LogP contribution in [0, 0.1) is 11.3 Å². The van der Waals surface area contributed by atoms with E-state index in [9.17, 15) is 9.59 Å². The molecule has 0 bridgehead atoms. The van der Waals surface area contributed by atoms with Crippen LogP contribution in [0.5, 0.6) is 0 Å². The van der Waals surface area contributed by atoms with Crippen LogP contribution in [0.1, 0.15) is 41.5 Å². The van der Waals surface area contributed by atoms with Crippen LogP contribution in [0.3, 0.4) is 0 Å². The van der Waals surface area contributed by atoms with Crippen molar-refractivity contribution in [1.82, 2.24) is 0 Å². The molecule has 4 heteroatoms. The number of esters is 2. The summed E-state index contributed by atoms with van der Waals surface area (Å²) in [5.74, 6) is -2.09.